The van der Waals surface area contributed by atoms with Gasteiger partial charge in [-0.2, -0.15) is 18.3 Å². The highest BCUT2D eigenvalue weighted by molar-refractivity contribution is 5.47. The minimum absolute atomic E-state index is 0.331. The molecular weight excluding hydrogens is 281 g/mol. The van der Waals surface area contributed by atoms with E-state index in [9.17, 15) is 13.2 Å². The first-order valence-corrected chi connectivity index (χ1v) is 7.06. The molecule has 0 amide bonds. The molecule has 112 valence electrons. The lowest BCUT2D eigenvalue weighted by atomic mass is 9.57. The Morgan fingerprint density at radius 3 is 2.71 bits per heavy atom. The SMILES string of the molecule is FC(F)(F)c1ccnc2c(CC3CC4(CNC4)C3)cnn12. The number of halogens is 3. The predicted molar refractivity (Wildman–Crippen MR) is 69.7 cm³/mol. The van der Waals surface area contributed by atoms with Crippen LogP contribution in [0, 0.1) is 11.3 Å². The molecular formula is C14H15F3N4. The number of nitrogens with zero attached hydrogens (tertiary/aromatic N) is 3. The van der Waals surface area contributed by atoms with Crippen LogP contribution in [0.25, 0.3) is 5.65 Å². The molecule has 2 aliphatic rings. The molecule has 1 aliphatic heterocycles. The van der Waals surface area contributed by atoms with Gasteiger partial charge >= 0.3 is 6.18 Å². The smallest absolute Gasteiger partial charge is 0.316 e. The number of rotatable bonds is 2. The monoisotopic (exact) mass is 296 g/mol. The van der Waals surface area contributed by atoms with E-state index in [4.69, 9.17) is 0 Å². The van der Waals surface area contributed by atoms with E-state index in [1.54, 1.807) is 0 Å². The van der Waals surface area contributed by atoms with Gasteiger partial charge in [0.15, 0.2) is 5.65 Å². The van der Waals surface area contributed by atoms with E-state index in [1.165, 1.54) is 12.4 Å². The minimum Gasteiger partial charge on any atom is -0.316 e. The second-order valence-corrected chi connectivity index (χ2v) is 6.32. The third-order valence-electron chi connectivity index (χ3n) is 4.72. The van der Waals surface area contributed by atoms with Crippen molar-refractivity contribution in [3.05, 3.63) is 29.7 Å². The molecule has 7 heteroatoms. The highest BCUT2D eigenvalue weighted by Crippen LogP contribution is 2.49. The fourth-order valence-corrected chi connectivity index (χ4v) is 3.68. The maximum atomic E-state index is 12.9. The molecule has 4 rings (SSSR count). The summed E-state index contributed by atoms with van der Waals surface area (Å²) in [4.78, 5) is 4.09. The summed E-state index contributed by atoms with van der Waals surface area (Å²) >= 11 is 0. The fraction of sp³-hybridized carbons (Fsp3) is 0.571. The van der Waals surface area contributed by atoms with Crippen molar-refractivity contribution in [3.63, 3.8) is 0 Å². The third kappa shape index (κ3) is 2.02. The molecule has 0 aromatic carbocycles. The normalized spacial score (nSPS) is 21.5. The van der Waals surface area contributed by atoms with Gasteiger partial charge in [0.2, 0.25) is 0 Å². The molecule has 1 saturated carbocycles. The topological polar surface area (TPSA) is 42.2 Å². The van der Waals surface area contributed by atoms with Crippen molar-refractivity contribution in [1.82, 2.24) is 19.9 Å². The molecule has 0 radical (unpaired) electrons. The van der Waals surface area contributed by atoms with Crippen molar-refractivity contribution in [2.75, 3.05) is 13.1 Å². The van der Waals surface area contributed by atoms with E-state index in [1.807, 2.05) is 0 Å². The Labute approximate surface area is 119 Å². The molecule has 0 atom stereocenters. The summed E-state index contributed by atoms with van der Waals surface area (Å²) in [6, 6.07) is 0.960. The first-order valence-electron chi connectivity index (χ1n) is 7.06. The van der Waals surface area contributed by atoms with Gasteiger partial charge in [-0.25, -0.2) is 9.50 Å². The fourth-order valence-electron chi connectivity index (χ4n) is 3.68. The Hall–Kier alpha value is -1.63. The summed E-state index contributed by atoms with van der Waals surface area (Å²) in [7, 11) is 0. The summed E-state index contributed by atoms with van der Waals surface area (Å²) < 4.78 is 39.7. The molecule has 1 spiro atoms. The van der Waals surface area contributed by atoms with Crippen LogP contribution in [0.3, 0.4) is 0 Å². The van der Waals surface area contributed by atoms with Gasteiger partial charge in [-0.3, -0.25) is 0 Å². The Bertz CT molecular complexity index is 679. The van der Waals surface area contributed by atoms with Crippen LogP contribution in [-0.4, -0.2) is 27.7 Å². The zero-order valence-corrected chi connectivity index (χ0v) is 11.3. The molecule has 0 bridgehead atoms. The number of hydrogen-bond acceptors (Lipinski definition) is 3. The van der Waals surface area contributed by atoms with Crippen molar-refractivity contribution in [2.45, 2.75) is 25.4 Å². The largest absolute Gasteiger partial charge is 0.433 e. The lowest BCUT2D eigenvalue weighted by molar-refractivity contribution is -0.142. The number of aromatic nitrogens is 3. The quantitative estimate of drug-likeness (QED) is 0.924. The zero-order chi connectivity index (χ0) is 14.7. The lowest BCUT2D eigenvalue weighted by Crippen LogP contribution is -2.60. The summed E-state index contributed by atoms with van der Waals surface area (Å²) in [5.74, 6) is 0.538. The first kappa shape index (κ1) is 13.1. The Balaban J connectivity index is 1.59. The van der Waals surface area contributed by atoms with Gasteiger partial charge in [-0.15, -0.1) is 0 Å². The van der Waals surface area contributed by atoms with Gasteiger partial charge < -0.3 is 5.32 Å². The van der Waals surface area contributed by atoms with Gasteiger partial charge in [-0.1, -0.05) is 0 Å². The predicted octanol–water partition coefficient (Wildman–Crippen LogP) is 2.29. The molecule has 1 aliphatic carbocycles. The van der Waals surface area contributed by atoms with E-state index in [0.29, 0.717) is 17.0 Å². The molecule has 2 aromatic rings. The second kappa shape index (κ2) is 4.19. The van der Waals surface area contributed by atoms with E-state index >= 15 is 0 Å². The highest BCUT2D eigenvalue weighted by Gasteiger charge is 2.48. The lowest BCUT2D eigenvalue weighted by Gasteiger charge is -2.54. The van der Waals surface area contributed by atoms with Crippen molar-refractivity contribution in [2.24, 2.45) is 11.3 Å². The van der Waals surface area contributed by atoms with Crippen molar-refractivity contribution in [3.8, 4) is 0 Å². The average Bonchev–Trinajstić information content (AvgIpc) is 2.72. The maximum absolute atomic E-state index is 12.9. The molecule has 1 N–H and O–H groups in total. The standard InChI is InChI=1S/C14H15F3N4/c15-14(16,17)11-1-2-19-12-10(6-20-21(11)12)3-9-4-13(5-9)7-18-8-13/h1-2,6,9,18H,3-5,7-8H2. The second-order valence-electron chi connectivity index (χ2n) is 6.32. The van der Waals surface area contributed by atoms with Crippen LogP contribution in [0.2, 0.25) is 0 Å². The molecule has 2 aromatic heterocycles. The van der Waals surface area contributed by atoms with Gasteiger partial charge in [0, 0.05) is 24.8 Å². The molecule has 21 heavy (non-hydrogen) atoms. The van der Waals surface area contributed by atoms with Gasteiger partial charge in [0.25, 0.3) is 0 Å². The Morgan fingerprint density at radius 1 is 1.33 bits per heavy atom. The van der Waals surface area contributed by atoms with E-state index in [2.05, 4.69) is 15.4 Å². The van der Waals surface area contributed by atoms with Gasteiger partial charge in [-0.05, 0) is 36.7 Å². The van der Waals surface area contributed by atoms with Crippen molar-refractivity contribution in [1.29, 1.82) is 0 Å². The number of fused-ring (bicyclic) bond motifs is 1. The van der Waals surface area contributed by atoms with E-state index in [-0.39, 0.29) is 0 Å². The van der Waals surface area contributed by atoms with Crippen LogP contribution < -0.4 is 5.32 Å². The minimum atomic E-state index is -4.41. The Kier molecular flexibility index (Phi) is 2.61. The van der Waals surface area contributed by atoms with E-state index < -0.39 is 11.9 Å². The van der Waals surface area contributed by atoms with Crippen LogP contribution >= 0.6 is 0 Å². The van der Waals surface area contributed by atoms with Crippen LogP contribution in [0.15, 0.2) is 18.5 Å². The maximum Gasteiger partial charge on any atom is 0.433 e. The summed E-state index contributed by atoms with van der Waals surface area (Å²) in [5.41, 5.74) is 0.843. The third-order valence-corrected chi connectivity index (χ3v) is 4.72. The number of hydrogen-bond donors (Lipinski definition) is 1. The Morgan fingerprint density at radius 2 is 2.10 bits per heavy atom. The first-order chi connectivity index (χ1) is 9.97. The summed E-state index contributed by atoms with van der Waals surface area (Å²) in [6.07, 6.45) is 1.39. The van der Waals surface area contributed by atoms with E-state index in [0.717, 1.165) is 48.5 Å². The van der Waals surface area contributed by atoms with Gasteiger partial charge in [0.05, 0.1) is 6.20 Å². The molecule has 4 nitrogen and oxygen atoms in total. The van der Waals surface area contributed by atoms with Crippen molar-refractivity contribution >= 4 is 5.65 Å². The van der Waals surface area contributed by atoms with Crippen LogP contribution in [-0.2, 0) is 12.6 Å². The number of nitrogens with one attached hydrogen (secondary N) is 1. The van der Waals surface area contributed by atoms with Crippen LogP contribution in [0.1, 0.15) is 24.1 Å². The highest BCUT2D eigenvalue weighted by atomic mass is 19.4. The van der Waals surface area contributed by atoms with Crippen LogP contribution in [0.5, 0.6) is 0 Å². The summed E-state index contributed by atoms with van der Waals surface area (Å²) in [5, 5.41) is 7.17. The molecule has 1 saturated heterocycles. The molecule has 0 unspecified atom stereocenters. The van der Waals surface area contributed by atoms with Crippen molar-refractivity contribution < 1.29 is 13.2 Å². The van der Waals surface area contributed by atoms with Crippen LogP contribution in [0.4, 0.5) is 13.2 Å². The van der Waals surface area contributed by atoms with Gasteiger partial charge in [0.1, 0.15) is 5.69 Å². The summed E-state index contributed by atoms with van der Waals surface area (Å²) in [6.45, 7) is 2.16. The number of alkyl halides is 3. The zero-order valence-electron chi connectivity index (χ0n) is 11.3. The molecule has 3 heterocycles. The average molecular weight is 296 g/mol. The molecule has 2 fully saturated rings.